The van der Waals surface area contributed by atoms with Crippen LogP contribution in [0.3, 0.4) is 0 Å². The van der Waals surface area contributed by atoms with Gasteiger partial charge in [0.2, 0.25) is 0 Å². The van der Waals surface area contributed by atoms with Gasteiger partial charge in [-0.3, -0.25) is 0 Å². The third kappa shape index (κ3) is 3.92. The second kappa shape index (κ2) is 8.45. The Kier molecular flexibility index (Phi) is 6.26. The molecule has 26 heavy (non-hydrogen) atoms. The van der Waals surface area contributed by atoms with Crippen LogP contribution in [-0.4, -0.2) is 0 Å². The average Bonchev–Trinajstić information content (AvgIpc) is 3.02. The van der Waals surface area contributed by atoms with E-state index in [1.54, 1.807) is 0 Å². The van der Waals surface area contributed by atoms with Crippen molar-refractivity contribution in [2.24, 2.45) is 0 Å². The van der Waals surface area contributed by atoms with Gasteiger partial charge in [0.1, 0.15) is 0 Å². The molecule has 0 saturated carbocycles. The van der Waals surface area contributed by atoms with Crippen molar-refractivity contribution in [1.29, 1.82) is 0 Å². The molecule has 1 N–H and O–H groups in total. The third-order valence-corrected chi connectivity index (χ3v) is 5.70. The van der Waals surface area contributed by atoms with E-state index in [0.717, 1.165) is 13.0 Å². The minimum Gasteiger partial charge on any atom is -0.306 e. The summed E-state index contributed by atoms with van der Waals surface area (Å²) in [4.78, 5) is 0. The van der Waals surface area contributed by atoms with E-state index in [-0.39, 0.29) is 12.4 Å². The highest BCUT2D eigenvalue weighted by molar-refractivity contribution is 6.42. The minimum absolute atomic E-state index is 0. The second-order valence-corrected chi connectivity index (χ2v) is 7.32. The summed E-state index contributed by atoms with van der Waals surface area (Å²) in [6.45, 7) is 0.869. The normalized spacial score (nSPS) is 18.2. The summed E-state index contributed by atoms with van der Waals surface area (Å²) in [6.07, 6.45) is 1.03. The predicted octanol–water partition coefficient (Wildman–Crippen LogP) is 6.78. The fraction of sp³-hybridized carbons (Fsp3) is 0.182. The molecule has 3 aromatic carbocycles. The smallest absolute Gasteiger partial charge is 0.0595 e. The molecule has 0 amide bonds. The molecule has 0 bridgehead atoms. The van der Waals surface area contributed by atoms with E-state index < -0.39 is 0 Å². The fourth-order valence-corrected chi connectivity index (χ4v) is 4.02. The van der Waals surface area contributed by atoms with Gasteiger partial charge in [0.05, 0.1) is 10.0 Å². The highest BCUT2D eigenvalue weighted by Crippen LogP contribution is 2.44. The average molecular weight is 405 g/mol. The van der Waals surface area contributed by atoms with E-state index >= 15 is 0 Å². The number of benzene rings is 3. The minimum atomic E-state index is 0. The van der Waals surface area contributed by atoms with Crippen LogP contribution in [0, 0.1) is 0 Å². The first-order chi connectivity index (χ1) is 12.2. The SMILES string of the molecule is Cl.Clc1ccc(C2CC(NCc3ccccc3)c3ccccc32)cc1Cl. The summed E-state index contributed by atoms with van der Waals surface area (Å²) in [7, 11) is 0. The first-order valence-electron chi connectivity index (χ1n) is 8.53. The maximum atomic E-state index is 6.25. The number of fused-ring (bicyclic) bond motifs is 1. The number of rotatable bonds is 4. The van der Waals surface area contributed by atoms with Crippen molar-refractivity contribution in [2.75, 3.05) is 0 Å². The van der Waals surface area contributed by atoms with Gasteiger partial charge < -0.3 is 5.32 Å². The van der Waals surface area contributed by atoms with Gasteiger partial charge in [-0.05, 0) is 40.8 Å². The molecule has 0 aromatic heterocycles. The summed E-state index contributed by atoms with van der Waals surface area (Å²) in [6, 6.07) is 25.6. The summed E-state index contributed by atoms with van der Waals surface area (Å²) in [5.74, 6) is 0.347. The van der Waals surface area contributed by atoms with Crippen LogP contribution in [0.25, 0.3) is 0 Å². The Morgan fingerprint density at radius 3 is 2.23 bits per heavy atom. The lowest BCUT2D eigenvalue weighted by Gasteiger charge is -2.15. The zero-order valence-electron chi connectivity index (χ0n) is 14.2. The Morgan fingerprint density at radius 2 is 1.50 bits per heavy atom. The molecule has 4 heteroatoms. The maximum Gasteiger partial charge on any atom is 0.0595 e. The molecule has 4 rings (SSSR count). The van der Waals surface area contributed by atoms with Gasteiger partial charge in [0.15, 0.2) is 0 Å². The van der Waals surface area contributed by atoms with Crippen LogP contribution in [0.15, 0.2) is 72.8 Å². The maximum absolute atomic E-state index is 6.25. The third-order valence-electron chi connectivity index (χ3n) is 4.96. The van der Waals surface area contributed by atoms with Gasteiger partial charge in [-0.2, -0.15) is 0 Å². The molecule has 2 unspecified atom stereocenters. The van der Waals surface area contributed by atoms with Gasteiger partial charge in [-0.25, -0.2) is 0 Å². The molecule has 1 aliphatic carbocycles. The van der Waals surface area contributed by atoms with E-state index in [4.69, 9.17) is 23.2 Å². The molecule has 0 heterocycles. The standard InChI is InChI=1S/C22H19Cl2N.ClH/c23-20-11-10-16(12-21(20)24)19-13-22(18-9-5-4-8-17(18)19)25-14-15-6-2-1-3-7-15;/h1-12,19,22,25H,13-14H2;1H. The first-order valence-corrected chi connectivity index (χ1v) is 9.29. The molecular formula is C22H20Cl3N. The Hall–Kier alpha value is -1.51. The van der Waals surface area contributed by atoms with Gasteiger partial charge in [-0.1, -0.05) is 83.9 Å². The molecule has 0 fully saturated rings. The Morgan fingerprint density at radius 1 is 0.808 bits per heavy atom. The Labute approximate surface area is 170 Å². The Balaban J connectivity index is 0.00000196. The van der Waals surface area contributed by atoms with Gasteiger partial charge >= 0.3 is 0 Å². The van der Waals surface area contributed by atoms with Crippen molar-refractivity contribution in [2.45, 2.75) is 24.9 Å². The quantitative estimate of drug-likeness (QED) is 0.505. The molecule has 1 nitrogen and oxygen atoms in total. The number of halogens is 3. The molecule has 2 atom stereocenters. The molecule has 1 aliphatic rings. The fourth-order valence-electron chi connectivity index (χ4n) is 3.71. The van der Waals surface area contributed by atoms with Gasteiger partial charge in [0, 0.05) is 18.5 Å². The number of hydrogen-bond acceptors (Lipinski definition) is 1. The van der Waals surface area contributed by atoms with E-state index in [1.165, 1.54) is 22.3 Å². The van der Waals surface area contributed by atoms with Crippen molar-refractivity contribution in [1.82, 2.24) is 5.32 Å². The van der Waals surface area contributed by atoms with Crippen LogP contribution < -0.4 is 5.32 Å². The van der Waals surface area contributed by atoms with E-state index in [1.807, 2.05) is 12.1 Å². The van der Waals surface area contributed by atoms with Crippen molar-refractivity contribution in [3.05, 3.63) is 105 Å². The summed E-state index contributed by atoms with van der Waals surface area (Å²) >= 11 is 12.3. The van der Waals surface area contributed by atoms with Crippen LogP contribution in [-0.2, 0) is 6.54 Å². The Bertz CT molecular complexity index is 880. The molecule has 3 aromatic rings. The lowest BCUT2D eigenvalue weighted by Crippen LogP contribution is -2.18. The van der Waals surface area contributed by atoms with Crippen LogP contribution in [0.1, 0.15) is 40.6 Å². The highest BCUT2D eigenvalue weighted by Gasteiger charge is 2.31. The topological polar surface area (TPSA) is 12.0 Å². The zero-order chi connectivity index (χ0) is 17.2. The monoisotopic (exact) mass is 403 g/mol. The number of hydrogen-bond donors (Lipinski definition) is 1. The van der Waals surface area contributed by atoms with E-state index in [9.17, 15) is 0 Å². The van der Waals surface area contributed by atoms with Crippen LogP contribution >= 0.6 is 35.6 Å². The zero-order valence-corrected chi connectivity index (χ0v) is 16.5. The van der Waals surface area contributed by atoms with Crippen molar-refractivity contribution >= 4 is 35.6 Å². The van der Waals surface area contributed by atoms with Crippen LogP contribution in [0.5, 0.6) is 0 Å². The summed E-state index contributed by atoms with van der Waals surface area (Å²) in [5, 5.41) is 4.95. The molecule has 0 spiro atoms. The first kappa shape index (κ1) is 19.3. The second-order valence-electron chi connectivity index (χ2n) is 6.51. The number of nitrogens with one attached hydrogen (secondary N) is 1. The van der Waals surface area contributed by atoms with Crippen LogP contribution in [0.2, 0.25) is 10.0 Å². The molecule has 0 saturated heterocycles. The molecule has 0 aliphatic heterocycles. The molecular weight excluding hydrogens is 385 g/mol. The molecule has 0 radical (unpaired) electrons. The summed E-state index contributed by atoms with van der Waals surface area (Å²) in [5.41, 5.74) is 5.30. The lowest BCUT2D eigenvalue weighted by molar-refractivity contribution is 0.513. The van der Waals surface area contributed by atoms with E-state index in [2.05, 4.69) is 66.0 Å². The van der Waals surface area contributed by atoms with E-state index in [0.29, 0.717) is 22.0 Å². The predicted molar refractivity (Wildman–Crippen MR) is 113 cm³/mol. The summed E-state index contributed by atoms with van der Waals surface area (Å²) < 4.78 is 0. The van der Waals surface area contributed by atoms with Gasteiger partial charge in [0.25, 0.3) is 0 Å². The lowest BCUT2D eigenvalue weighted by atomic mass is 9.93. The van der Waals surface area contributed by atoms with Crippen LogP contribution in [0.4, 0.5) is 0 Å². The van der Waals surface area contributed by atoms with Gasteiger partial charge in [-0.15, -0.1) is 12.4 Å². The highest BCUT2D eigenvalue weighted by atomic mass is 35.5. The van der Waals surface area contributed by atoms with Crippen molar-refractivity contribution < 1.29 is 0 Å². The molecule has 134 valence electrons. The van der Waals surface area contributed by atoms with Crippen molar-refractivity contribution in [3.8, 4) is 0 Å². The van der Waals surface area contributed by atoms with Crippen molar-refractivity contribution in [3.63, 3.8) is 0 Å². The largest absolute Gasteiger partial charge is 0.306 e.